The fraction of sp³-hybridized carbons (Fsp3) is 0.714. The van der Waals surface area contributed by atoms with Gasteiger partial charge >= 0.3 is 0 Å². The summed E-state index contributed by atoms with van der Waals surface area (Å²) in [4.78, 5) is 1.48. The van der Waals surface area contributed by atoms with E-state index in [9.17, 15) is 0 Å². The first-order chi connectivity index (χ1) is 7.54. The highest BCUT2D eigenvalue weighted by Gasteiger charge is 2.42. The van der Waals surface area contributed by atoms with Crippen molar-refractivity contribution >= 4 is 11.3 Å². The third-order valence-corrected chi connectivity index (χ3v) is 5.36. The summed E-state index contributed by atoms with van der Waals surface area (Å²) in [5.74, 6) is 0. The quantitative estimate of drug-likeness (QED) is 0.845. The molecule has 1 aliphatic rings. The summed E-state index contributed by atoms with van der Waals surface area (Å²) in [6.07, 6.45) is 7.44. The molecule has 1 aromatic heterocycles. The van der Waals surface area contributed by atoms with Crippen molar-refractivity contribution in [1.82, 2.24) is 0 Å². The summed E-state index contributed by atoms with van der Waals surface area (Å²) in [7, 11) is 0. The first-order valence-corrected chi connectivity index (χ1v) is 7.23. The third kappa shape index (κ3) is 2.33. The predicted octanol–water partition coefficient (Wildman–Crippen LogP) is 3.98. The smallest absolute Gasteiger partial charge is 0.0209 e. The molecule has 0 amide bonds. The van der Waals surface area contributed by atoms with Gasteiger partial charge in [-0.1, -0.05) is 32.8 Å². The fourth-order valence-electron chi connectivity index (χ4n) is 2.86. The average molecular weight is 237 g/mol. The van der Waals surface area contributed by atoms with Crippen molar-refractivity contribution < 1.29 is 0 Å². The zero-order chi connectivity index (χ0) is 11.6. The van der Waals surface area contributed by atoms with Crippen LogP contribution in [-0.4, -0.2) is 5.54 Å². The van der Waals surface area contributed by atoms with E-state index < -0.39 is 0 Å². The average Bonchev–Trinajstić information content (AvgIpc) is 2.73. The molecule has 0 spiro atoms. The van der Waals surface area contributed by atoms with Crippen molar-refractivity contribution in [2.24, 2.45) is 11.1 Å². The second-order valence-corrected chi connectivity index (χ2v) is 6.86. The highest BCUT2D eigenvalue weighted by molar-refractivity contribution is 7.09. The van der Waals surface area contributed by atoms with Gasteiger partial charge in [0, 0.05) is 10.4 Å². The van der Waals surface area contributed by atoms with Crippen LogP contribution in [0.1, 0.15) is 50.8 Å². The molecule has 16 heavy (non-hydrogen) atoms. The SMILES string of the molecule is CC1(C)CCCCC1(N)CCc1cccs1. The number of hydrogen-bond acceptors (Lipinski definition) is 2. The van der Waals surface area contributed by atoms with Gasteiger partial charge in [0.05, 0.1) is 0 Å². The zero-order valence-electron chi connectivity index (χ0n) is 10.5. The minimum Gasteiger partial charge on any atom is -0.325 e. The molecule has 1 aromatic rings. The molecular formula is C14H23NS. The molecule has 0 aliphatic heterocycles. The lowest BCUT2D eigenvalue weighted by molar-refractivity contribution is 0.0912. The molecule has 2 N–H and O–H groups in total. The van der Waals surface area contributed by atoms with Crippen molar-refractivity contribution in [3.8, 4) is 0 Å². The van der Waals surface area contributed by atoms with Crippen LogP contribution in [0.4, 0.5) is 0 Å². The van der Waals surface area contributed by atoms with E-state index in [0.29, 0.717) is 5.41 Å². The van der Waals surface area contributed by atoms with E-state index in [1.54, 1.807) is 0 Å². The first kappa shape index (κ1) is 12.1. The van der Waals surface area contributed by atoms with Crippen LogP contribution in [0, 0.1) is 5.41 Å². The Bertz CT molecular complexity index is 329. The standard InChI is InChI=1S/C14H23NS/c1-13(2)8-3-4-9-14(13,15)10-7-12-6-5-11-16-12/h5-6,11H,3-4,7-10,15H2,1-2H3. The van der Waals surface area contributed by atoms with Gasteiger partial charge in [0.1, 0.15) is 0 Å². The minimum absolute atomic E-state index is 0.0508. The van der Waals surface area contributed by atoms with Crippen LogP contribution in [0.25, 0.3) is 0 Å². The summed E-state index contributed by atoms with van der Waals surface area (Å²) >= 11 is 1.85. The van der Waals surface area contributed by atoms with Gasteiger partial charge in [0.25, 0.3) is 0 Å². The lowest BCUT2D eigenvalue weighted by Gasteiger charge is -2.48. The van der Waals surface area contributed by atoms with Crippen LogP contribution < -0.4 is 5.73 Å². The lowest BCUT2D eigenvalue weighted by Crippen LogP contribution is -2.54. The van der Waals surface area contributed by atoms with Crippen LogP contribution in [0.2, 0.25) is 0 Å². The summed E-state index contributed by atoms with van der Waals surface area (Å²) in [5, 5.41) is 2.16. The second-order valence-electron chi connectivity index (χ2n) is 5.83. The Balaban J connectivity index is 2.01. The van der Waals surface area contributed by atoms with Crippen LogP contribution in [-0.2, 0) is 6.42 Å². The molecule has 1 fully saturated rings. The maximum absolute atomic E-state index is 6.66. The Hall–Kier alpha value is -0.340. The van der Waals surface area contributed by atoms with Crippen LogP contribution >= 0.6 is 11.3 Å². The summed E-state index contributed by atoms with van der Waals surface area (Å²) in [6, 6.07) is 4.36. The Morgan fingerprint density at radius 3 is 2.69 bits per heavy atom. The molecule has 0 aromatic carbocycles. The highest BCUT2D eigenvalue weighted by Crippen LogP contribution is 2.44. The van der Waals surface area contributed by atoms with Gasteiger partial charge in [-0.25, -0.2) is 0 Å². The van der Waals surface area contributed by atoms with Crippen molar-refractivity contribution in [3.63, 3.8) is 0 Å². The molecule has 1 heterocycles. The highest BCUT2D eigenvalue weighted by atomic mass is 32.1. The molecule has 2 heteroatoms. The summed E-state index contributed by atoms with van der Waals surface area (Å²) in [6.45, 7) is 4.70. The van der Waals surface area contributed by atoms with Crippen molar-refractivity contribution in [2.45, 2.75) is 57.9 Å². The fourth-order valence-corrected chi connectivity index (χ4v) is 3.57. The van der Waals surface area contributed by atoms with E-state index >= 15 is 0 Å². The number of hydrogen-bond donors (Lipinski definition) is 1. The largest absolute Gasteiger partial charge is 0.325 e. The van der Waals surface area contributed by atoms with E-state index in [1.165, 1.54) is 30.6 Å². The van der Waals surface area contributed by atoms with Crippen LogP contribution in [0.5, 0.6) is 0 Å². The van der Waals surface area contributed by atoms with Gasteiger partial charge in [-0.3, -0.25) is 0 Å². The maximum atomic E-state index is 6.66. The molecular weight excluding hydrogens is 214 g/mol. The molecule has 0 radical (unpaired) electrons. The molecule has 1 unspecified atom stereocenters. The molecule has 1 saturated carbocycles. The van der Waals surface area contributed by atoms with E-state index in [1.807, 2.05) is 11.3 Å². The monoisotopic (exact) mass is 237 g/mol. The molecule has 2 rings (SSSR count). The Labute approximate surface area is 103 Å². The normalized spacial score (nSPS) is 29.2. The van der Waals surface area contributed by atoms with Gasteiger partial charge < -0.3 is 5.73 Å². The zero-order valence-corrected chi connectivity index (χ0v) is 11.3. The molecule has 1 atom stereocenters. The number of thiophene rings is 1. The van der Waals surface area contributed by atoms with Gasteiger partial charge in [0.2, 0.25) is 0 Å². The number of nitrogens with two attached hydrogens (primary N) is 1. The Morgan fingerprint density at radius 2 is 2.06 bits per heavy atom. The minimum atomic E-state index is 0.0508. The Morgan fingerprint density at radius 1 is 1.31 bits per heavy atom. The lowest BCUT2D eigenvalue weighted by atomic mass is 9.62. The van der Waals surface area contributed by atoms with Gasteiger partial charge in [-0.05, 0) is 42.5 Å². The van der Waals surface area contributed by atoms with Crippen molar-refractivity contribution in [2.75, 3.05) is 0 Å². The topological polar surface area (TPSA) is 26.0 Å². The first-order valence-electron chi connectivity index (χ1n) is 6.35. The second kappa shape index (κ2) is 4.50. The maximum Gasteiger partial charge on any atom is 0.0209 e. The molecule has 0 bridgehead atoms. The van der Waals surface area contributed by atoms with Gasteiger partial charge in [-0.2, -0.15) is 0 Å². The van der Waals surface area contributed by atoms with Crippen LogP contribution in [0.3, 0.4) is 0 Å². The molecule has 1 nitrogen and oxygen atoms in total. The van der Waals surface area contributed by atoms with E-state index in [4.69, 9.17) is 5.73 Å². The number of rotatable bonds is 3. The molecule has 0 saturated heterocycles. The third-order valence-electron chi connectivity index (χ3n) is 4.42. The molecule has 90 valence electrons. The van der Waals surface area contributed by atoms with Crippen molar-refractivity contribution in [3.05, 3.63) is 22.4 Å². The van der Waals surface area contributed by atoms with Gasteiger partial charge in [0.15, 0.2) is 0 Å². The van der Waals surface area contributed by atoms with Gasteiger partial charge in [-0.15, -0.1) is 11.3 Å². The van der Waals surface area contributed by atoms with E-state index in [0.717, 1.165) is 12.8 Å². The van der Waals surface area contributed by atoms with E-state index in [-0.39, 0.29) is 5.54 Å². The van der Waals surface area contributed by atoms with Crippen LogP contribution in [0.15, 0.2) is 17.5 Å². The Kier molecular flexibility index (Phi) is 3.41. The summed E-state index contributed by atoms with van der Waals surface area (Å²) < 4.78 is 0. The van der Waals surface area contributed by atoms with E-state index in [2.05, 4.69) is 31.4 Å². The predicted molar refractivity (Wildman–Crippen MR) is 71.8 cm³/mol. The molecule has 1 aliphatic carbocycles. The number of aryl methyl sites for hydroxylation is 1. The van der Waals surface area contributed by atoms with Crippen molar-refractivity contribution in [1.29, 1.82) is 0 Å². The summed E-state index contributed by atoms with van der Waals surface area (Å²) in [5.41, 5.74) is 7.02.